The highest BCUT2D eigenvalue weighted by Crippen LogP contribution is 2.39. The molecule has 2 heterocycles. The third-order valence-electron chi connectivity index (χ3n) is 5.66. The average molecular weight is 449 g/mol. The molecular formula is C28H32OS2. The van der Waals surface area contributed by atoms with E-state index in [1.54, 1.807) is 0 Å². The fourth-order valence-electron chi connectivity index (χ4n) is 3.81. The minimum Gasteiger partial charge on any atom is -0.494 e. The Hall–Kier alpha value is -2.10. The van der Waals surface area contributed by atoms with Crippen molar-refractivity contribution in [3.05, 3.63) is 65.5 Å². The summed E-state index contributed by atoms with van der Waals surface area (Å²) >= 11 is 3.89. The van der Waals surface area contributed by atoms with E-state index in [2.05, 4.69) is 74.5 Å². The molecule has 2 aromatic carbocycles. The van der Waals surface area contributed by atoms with Crippen LogP contribution < -0.4 is 4.74 Å². The normalized spacial score (nSPS) is 11.3. The first kappa shape index (κ1) is 22.1. The maximum atomic E-state index is 5.84. The number of benzene rings is 2. The summed E-state index contributed by atoms with van der Waals surface area (Å²) in [5, 5.41) is 0. The van der Waals surface area contributed by atoms with Gasteiger partial charge in [0, 0.05) is 19.2 Å². The van der Waals surface area contributed by atoms with E-state index in [4.69, 9.17) is 4.74 Å². The zero-order chi connectivity index (χ0) is 21.5. The van der Waals surface area contributed by atoms with Crippen molar-refractivity contribution in [2.75, 3.05) is 6.61 Å². The van der Waals surface area contributed by atoms with Crippen LogP contribution >= 0.6 is 22.7 Å². The SMILES string of the molecule is CCCCCOc1ccc(-c2ccc(-c3cc4sc(CCCCC)cc4s3)cc2)cc1. The Balaban J connectivity index is 1.40. The molecule has 162 valence electrons. The lowest BCUT2D eigenvalue weighted by Crippen LogP contribution is -1.96. The average Bonchev–Trinajstić information content (AvgIpc) is 3.37. The van der Waals surface area contributed by atoms with Gasteiger partial charge in [0.25, 0.3) is 0 Å². The van der Waals surface area contributed by atoms with Crippen LogP contribution in [0.1, 0.15) is 57.2 Å². The van der Waals surface area contributed by atoms with Crippen LogP contribution in [0, 0.1) is 0 Å². The van der Waals surface area contributed by atoms with Gasteiger partial charge in [0.05, 0.1) is 6.61 Å². The van der Waals surface area contributed by atoms with Crippen LogP contribution in [0.4, 0.5) is 0 Å². The Morgan fingerprint density at radius 1 is 0.645 bits per heavy atom. The van der Waals surface area contributed by atoms with Crippen molar-refractivity contribution < 1.29 is 4.74 Å². The van der Waals surface area contributed by atoms with Crippen molar-refractivity contribution in [3.8, 4) is 27.3 Å². The molecule has 0 aliphatic heterocycles. The van der Waals surface area contributed by atoms with E-state index >= 15 is 0 Å². The van der Waals surface area contributed by atoms with Gasteiger partial charge in [-0.3, -0.25) is 0 Å². The van der Waals surface area contributed by atoms with Gasteiger partial charge >= 0.3 is 0 Å². The largest absolute Gasteiger partial charge is 0.494 e. The van der Waals surface area contributed by atoms with Crippen molar-refractivity contribution in [3.63, 3.8) is 0 Å². The maximum Gasteiger partial charge on any atom is 0.119 e. The zero-order valence-corrected chi connectivity index (χ0v) is 20.3. The Morgan fingerprint density at radius 3 is 1.94 bits per heavy atom. The molecule has 2 aromatic heterocycles. The number of ether oxygens (including phenoxy) is 1. The van der Waals surface area contributed by atoms with Gasteiger partial charge in [-0.1, -0.05) is 75.9 Å². The first-order valence-electron chi connectivity index (χ1n) is 11.6. The van der Waals surface area contributed by atoms with Crippen LogP contribution in [0.2, 0.25) is 0 Å². The van der Waals surface area contributed by atoms with E-state index in [9.17, 15) is 0 Å². The Bertz CT molecular complexity index is 1040. The summed E-state index contributed by atoms with van der Waals surface area (Å²) in [7, 11) is 0. The van der Waals surface area contributed by atoms with Gasteiger partial charge in [0.1, 0.15) is 5.75 Å². The number of thiophene rings is 2. The van der Waals surface area contributed by atoms with Gasteiger partial charge in [0.15, 0.2) is 0 Å². The van der Waals surface area contributed by atoms with Crippen molar-refractivity contribution in [2.24, 2.45) is 0 Å². The second kappa shape index (κ2) is 11.0. The summed E-state index contributed by atoms with van der Waals surface area (Å²) in [5.74, 6) is 0.962. The van der Waals surface area contributed by atoms with Crippen LogP contribution in [0.5, 0.6) is 5.75 Å². The lowest BCUT2D eigenvalue weighted by Gasteiger charge is -2.07. The number of rotatable bonds is 11. The molecule has 0 saturated carbocycles. The highest BCUT2D eigenvalue weighted by atomic mass is 32.1. The van der Waals surface area contributed by atoms with E-state index in [1.165, 1.54) is 74.4 Å². The topological polar surface area (TPSA) is 9.23 Å². The van der Waals surface area contributed by atoms with E-state index in [0.717, 1.165) is 18.8 Å². The second-order valence-electron chi connectivity index (χ2n) is 8.17. The molecule has 0 bridgehead atoms. The molecule has 0 atom stereocenters. The molecule has 4 aromatic rings. The van der Waals surface area contributed by atoms with Gasteiger partial charge in [-0.2, -0.15) is 0 Å². The third-order valence-corrected chi connectivity index (χ3v) is 8.06. The van der Waals surface area contributed by atoms with Gasteiger partial charge < -0.3 is 4.74 Å². The molecule has 0 saturated heterocycles. The molecule has 31 heavy (non-hydrogen) atoms. The Morgan fingerprint density at radius 2 is 1.26 bits per heavy atom. The van der Waals surface area contributed by atoms with Crippen molar-refractivity contribution >= 4 is 32.1 Å². The number of unbranched alkanes of at least 4 members (excludes halogenated alkanes) is 4. The molecule has 0 aliphatic rings. The highest BCUT2D eigenvalue weighted by Gasteiger charge is 2.09. The molecule has 4 rings (SSSR count). The summed E-state index contributed by atoms with van der Waals surface area (Å²) in [6.07, 6.45) is 8.74. The fraction of sp³-hybridized carbons (Fsp3) is 0.357. The Labute approximate surface area is 194 Å². The zero-order valence-electron chi connectivity index (χ0n) is 18.7. The van der Waals surface area contributed by atoms with Crippen molar-refractivity contribution in [1.82, 2.24) is 0 Å². The molecule has 0 spiro atoms. The van der Waals surface area contributed by atoms with Gasteiger partial charge in [0.2, 0.25) is 0 Å². The summed E-state index contributed by atoms with van der Waals surface area (Å²) in [6, 6.07) is 22.2. The van der Waals surface area contributed by atoms with E-state index in [1.807, 2.05) is 22.7 Å². The molecule has 0 fully saturated rings. The molecule has 3 heteroatoms. The number of hydrogen-bond donors (Lipinski definition) is 0. The lowest BCUT2D eigenvalue weighted by molar-refractivity contribution is 0.306. The summed E-state index contributed by atoms with van der Waals surface area (Å²) in [6.45, 7) is 5.29. The van der Waals surface area contributed by atoms with Crippen molar-refractivity contribution in [1.29, 1.82) is 0 Å². The smallest absolute Gasteiger partial charge is 0.119 e. The molecule has 0 N–H and O–H groups in total. The second-order valence-corrected chi connectivity index (χ2v) is 10.4. The Kier molecular flexibility index (Phi) is 7.82. The molecule has 0 unspecified atom stereocenters. The minimum atomic E-state index is 0.806. The standard InChI is InChI=1S/C28H32OS2/c1-3-5-7-9-25-19-27-28(30-25)20-26(31-27)23-12-10-21(11-13-23)22-14-16-24(17-15-22)29-18-8-6-4-2/h10-17,19-20H,3-9,18H2,1-2H3. The first-order chi connectivity index (χ1) is 15.3. The predicted molar refractivity (Wildman–Crippen MR) is 139 cm³/mol. The maximum absolute atomic E-state index is 5.84. The van der Waals surface area contributed by atoms with E-state index < -0.39 is 0 Å². The summed E-state index contributed by atoms with van der Waals surface area (Å²) in [5.41, 5.74) is 3.79. The molecular weight excluding hydrogens is 416 g/mol. The quantitative estimate of drug-likeness (QED) is 0.207. The number of aryl methyl sites for hydroxylation is 1. The van der Waals surface area contributed by atoms with Crippen LogP contribution in [-0.4, -0.2) is 6.61 Å². The molecule has 0 aliphatic carbocycles. The fourth-order valence-corrected chi connectivity index (χ4v) is 6.28. The lowest BCUT2D eigenvalue weighted by atomic mass is 10.0. The van der Waals surface area contributed by atoms with Gasteiger partial charge in [-0.05, 0) is 60.2 Å². The van der Waals surface area contributed by atoms with Gasteiger partial charge in [-0.25, -0.2) is 0 Å². The molecule has 1 nitrogen and oxygen atoms in total. The van der Waals surface area contributed by atoms with Crippen LogP contribution in [-0.2, 0) is 6.42 Å². The highest BCUT2D eigenvalue weighted by molar-refractivity contribution is 7.29. The van der Waals surface area contributed by atoms with Crippen LogP contribution in [0.3, 0.4) is 0 Å². The summed E-state index contributed by atoms with van der Waals surface area (Å²) < 4.78 is 8.71. The number of fused-ring (bicyclic) bond motifs is 1. The monoisotopic (exact) mass is 448 g/mol. The van der Waals surface area contributed by atoms with Crippen LogP contribution in [0.25, 0.3) is 31.0 Å². The third kappa shape index (κ3) is 5.78. The van der Waals surface area contributed by atoms with Crippen LogP contribution in [0.15, 0.2) is 60.7 Å². The van der Waals surface area contributed by atoms with E-state index in [0.29, 0.717) is 0 Å². The minimum absolute atomic E-state index is 0.806. The summed E-state index contributed by atoms with van der Waals surface area (Å²) in [4.78, 5) is 2.90. The first-order valence-corrected chi connectivity index (χ1v) is 13.3. The van der Waals surface area contributed by atoms with Crippen molar-refractivity contribution in [2.45, 2.75) is 58.8 Å². The van der Waals surface area contributed by atoms with E-state index in [-0.39, 0.29) is 0 Å². The molecule has 0 radical (unpaired) electrons. The predicted octanol–water partition coefficient (Wildman–Crippen LogP) is 9.60. The van der Waals surface area contributed by atoms with Gasteiger partial charge in [-0.15, -0.1) is 22.7 Å². The number of hydrogen-bond acceptors (Lipinski definition) is 3. The molecule has 0 amide bonds.